The number of benzene rings is 1. The molecule has 140 valence electrons. The Morgan fingerprint density at radius 3 is 2.44 bits per heavy atom. The van der Waals surface area contributed by atoms with Crippen molar-refractivity contribution in [3.8, 4) is 11.3 Å². The summed E-state index contributed by atoms with van der Waals surface area (Å²) in [6, 6.07) is 10.0. The van der Waals surface area contributed by atoms with Crippen molar-refractivity contribution in [1.82, 2.24) is 14.5 Å². The van der Waals surface area contributed by atoms with Crippen LogP contribution in [0.15, 0.2) is 41.7 Å². The Balaban J connectivity index is 1.83. The van der Waals surface area contributed by atoms with Crippen LogP contribution in [-0.2, 0) is 7.05 Å². The van der Waals surface area contributed by atoms with E-state index in [1.165, 1.54) is 18.7 Å². The predicted octanol–water partition coefficient (Wildman–Crippen LogP) is 4.60. The first-order valence-electron chi connectivity index (χ1n) is 8.79. The van der Waals surface area contributed by atoms with Gasteiger partial charge in [0.2, 0.25) is 0 Å². The number of hydrogen-bond acceptors (Lipinski definition) is 4. The summed E-state index contributed by atoms with van der Waals surface area (Å²) in [6.07, 6.45) is 1.83. The number of aryl methyl sites for hydroxylation is 1. The molecule has 1 N–H and O–H groups in total. The van der Waals surface area contributed by atoms with Crippen LogP contribution in [0.3, 0.4) is 0 Å². The number of nitrogens with one attached hydrogen (secondary N) is 1. The van der Waals surface area contributed by atoms with Crippen molar-refractivity contribution in [3.05, 3.63) is 59.0 Å². The maximum Gasteiger partial charge on any atom is 0.192 e. The van der Waals surface area contributed by atoms with Gasteiger partial charge in [0.25, 0.3) is 0 Å². The Labute approximate surface area is 163 Å². The van der Waals surface area contributed by atoms with E-state index in [-0.39, 0.29) is 16.8 Å². The smallest absolute Gasteiger partial charge is 0.192 e. The van der Waals surface area contributed by atoms with E-state index in [0.29, 0.717) is 11.3 Å². The zero-order chi connectivity index (χ0) is 19.7. The molecule has 0 aliphatic heterocycles. The van der Waals surface area contributed by atoms with E-state index in [2.05, 4.69) is 9.97 Å². The van der Waals surface area contributed by atoms with Gasteiger partial charge < -0.3 is 9.55 Å². The van der Waals surface area contributed by atoms with Crippen molar-refractivity contribution >= 4 is 23.3 Å². The topological polar surface area (TPSA) is 67.8 Å². The SMILES string of the molecule is CC(=O)c1c(C)[nH]c(C(=O)C(C)Sc2ncc(-c3ccccc3)n2C)c1C. The Morgan fingerprint density at radius 2 is 1.85 bits per heavy atom. The van der Waals surface area contributed by atoms with E-state index in [0.717, 1.165) is 27.7 Å². The summed E-state index contributed by atoms with van der Waals surface area (Å²) < 4.78 is 2.00. The Kier molecular flexibility index (Phi) is 5.37. The second-order valence-electron chi connectivity index (χ2n) is 6.66. The lowest BCUT2D eigenvalue weighted by Gasteiger charge is -2.11. The number of H-pyrrole nitrogens is 1. The molecule has 2 aromatic heterocycles. The molecule has 5 nitrogen and oxygen atoms in total. The number of aromatic nitrogens is 3. The van der Waals surface area contributed by atoms with E-state index >= 15 is 0 Å². The van der Waals surface area contributed by atoms with Crippen molar-refractivity contribution in [1.29, 1.82) is 0 Å². The molecule has 0 bridgehead atoms. The third kappa shape index (κ3) is 3.62. The Hall–Kier alpha value is -2.60. The third-order valence-electron chi connectivity index (χ3n) is 4.70. The number of carbonyl (C=O) groups is 2. The second-order valence-corrected chi connectivity index (χ2v) is 7.96. The number of Topliss-reactive ketones (excluding diaryl/α,β-unsaturated/α-hetero) is 2. The van der Waals surface area contributed by atoms with Gasteiger partial charge in [-0.15, -0.1) is 0 Å². The van der Waals surface area contributed by atoms with Crippen molar-refractivity contribution in [2.24, 2.45) is 7.05 Å². The lowest BCUT2D eigenvalue weighted by Crippen LogP contribution is -2.16. The molecule has 0 saturated heterocycles. The van der Waals surface area contributed by atoms with Crippen LogP contribution in [0.25, 0.3) is 11.3 Å². The molecule has 0 spiro atoms. The quantitative estimate of drug-likeness (QED) is 0.501. The molecule has 3 aromatic rings. The molecule has 0 saturated carbocycles. The van der Waals surface area contributed by atoms with Gasteiger partial charge >= 0.3 is 0 Å². The summed E-state index contributed by atoms with van der Waals surface area (Å²) in [6.45, 7) is 7.03. The summed E-state index contributed by atoms with van der Waals surface area (Å²) in [5.41, 5.74) is 4.67. The fourth-order valence-corrected chi connectivity index (χ4v) is 4.23. The maximum atomic E-state index is 12.9. The van der Waals surface area contributed by atoms with Crippen LogP contribution in [0.2, 0.25) is 0 Å². The number of hydrogen-bond donors (Lipinski definition) is 1. The van der Waals surface area contributed by atoms with Crippen LogP contribution in [0.4, 0.5) is 0 Å². The van der Waals surface area contributed by atoms with Gasteiger partial charge in [0.1, 0.15) is 0 Å². The van der Waals surface area contributed by atoms with Crippen LogP contribution in [0, 0.1) is 13.8 Å². The first kappa shape index (κ1) is 19.2. The van der Waals surface area contributed by atoms with E-state index in [1.54, 1.807) is 0 Å². The van der Waals surface area contributed by atoms with Crippen LogP contribution in [0.5, 0.6) is 0 Å². The van der Waals surface area contributed by atoms with Gasteiger partial charge in [0, 0.05) is 18.3 Å². The number of rotatable bonds is 6. The molecule has 1 atom stereocenters. The molecule has 0 fully saturated rings. The van der Waals surface area contributed by atoms with Crippen molar-refractivity contribution in [2.45, 2.75) is 38.1 Å². The van der Waals surface area contributed by atoms with Gasteiger partial charge in [0.15, 0.2) is 16.7 Å². The molecule has 0 aliphatic carbocycles. The first-order valence-corrected chi connectivity index (χ1v) is 9.67. The maximum absolute atomic E-state index is 12.9. The highest BCUT2D eigenvalue weighted by atomic mass is 32.2. The van der Waals surface area contributed by atoms with E-state index in [1.807, 2.05) is 68.9 Å². The fraction of sp³-hybridized carbons (Fsp3) is 0.286. The number of aromatic amines is 1. The summed E-state index contributed by atoms with van der Waals surface area (Å²) in [5.74, 6) is -0.0606. The first-order chi connectivity index (χ1) is 12.8. The molecule has 3 rings (SSSR count). The van der Waals surface area contributed by atoms with Gasteiger partial charge in [-0.25, -0.2) is 4.98 Å². The van der Waals surface area contributed by atoms with Gasteiger partial charge in [-0.2, -0.15) is 0 Å². The average molecular weight is 382 g/mol. The van der Waals surface area contributed by atoms with Crippen LogP contribution >= 0.6 is 11.8 Å². The number of nitrogens with zero attached hydrogens (tertiary/aromatic N) is 2. The number of carbonyl (C=O) groups excluding carboxylic acids is 2. The summed E-state index contributed by atoms with van der Waals surface area (Å²) in [5, 5.41) is 0.453. The minimum absolute atomic E-state index is 0.0302. The largest absolute Gasteiger partial charge is 0.355 e. The van der Waals surface area contributed by atoms with Crippen molar-refractivity contribution in [3.63, 3.8) is 0 Å². The Bertz CT molecular complexity index is 1000. The molecule has 1 aromatic carbocycles. The van der Waals surface area contributed by atoms with E-state index < -0.39 is 0 Å². The summed E-state index contributed by atoms with van der Waals surface area (Å²) in [7, 11) is 1.95. The van der Waals surface area contributed by atoms with Crippen LogP contribution in [-0.4, -0.2) is 31.4 Å². The normalized spacial score (nSPS) is 12.2. The summed E-state index contributed by atoms with van der Waals surface area (Å²) in [4.78, 5) is 32.3. The van der Waals surface area contributed by atoms with Crippen LogP contribution in [0.1, 0.15) is 46.0 Å². The fourth-order valence-electron chi connectivity index (χ4n) is 3.32. The molecule has 2 heterocycles. The number of thioether (sulfide) groups is 1. The number of imidazole rings is 1. The molecular weight excluding hydrogens is 358 g/mol. The highest BCUT2D eigenvalue weighted by Gasteiger charge is 2.25. The molecular formula is C21H23N3O2S. The minimum atomic E-state index is -0.328. The standard InChI is InChI=1S/C21H23N3O2S/c1-12-18(14(3)25)13(2)23-19(12)20(26)15(4)27-21-22-11-17(24(21)5)16-9-7-6-8-10-16/h6-11,15,23H,1-5H3. The third-order valence-corrected chi connectivity index (χ3v) is 5.86. The minimum Gasteiger partial charge on any atom is -0.355 e. The predicted molar refractivity (Wildman–Crippen MR) is 109 cm³/mol. The molecule has 1 unspecified atom stereocenters. The number of ketones is 2. The summed E-state index contributed by atoms with van der Waals surface area (Å²) >= 11 is 1.42. The van der Waals surface area contributed by atoms with Crippen molar-refractivity contribution in [2.75, 3.05) is 0 Å². The highest BCUT2D eigenvalue weighted by Crippen LogP contribution is 2.30. The zero-order valence-electron chi connectivity index (χ0n) is 16.2. The molecule has 27 heavy (non-hydrogen) atoms. The Morgan fingerprint density at radius 1 is 1.19 bits per heavy atom. The van der Waals surface area contributed by atoms with Gasteiger partial charge in [-0.3, -0.25) is 9.59 Å². The lowest BCUT2D eigenvalue weighted by atomic mass is 10.0. The van der Waals surface area contributed by atoms with E-state index in [9.17, 15) is 9.59 Å². The lowest BCUT2D eigenvalue weighted by molar-refractivity contribution is 0.0988. The second kappa shape index (κ2) is 7.56. The van der Waals surface area contributed by atoms with Crippen molar-refractivity contribution < 1.29 is 9.59 Å². The molecule has 6 heteroatoms. The van der Waals surface area contributed by atoms with Crippen LogP contribution < -0.4 is 0 Å². The monoisotopic (exact) mass is 381 g/mol. The average Bonchev–Trinajstić information content (AvgIpc) is 3.14. The molecule has 0 aliphatic rings. The zero-order valence-corrected chi connectivity index (χ0v) is 17.0. The molecule has 0 amide bonds. The van der Waals surface area contributed by atoms with Gasteiger partial charge in [0.05, 0.1) is 22.8 Å². The highest BCUT2D eigenvalue weighted by molar-refractivity contribution is 8.00. The van der Waals surface area contributed by atoms with Gasteiger partial charge in [-0.1, -0.05) is 42.1 Å². The molecule has 0 radical (unpaired) electrons. The van der Waals surface area contributed by atoms with Gasteiger partial charge in [-0.05, 0) is 38.8 Å². The van der Waals surface area contributed by atoms with E-state index in [4.69, 9.17) is 0 Å².